The van der Waals surface area contributed by atoms with Crippen molar-refractivity contribution in [3.05, 3.63) is 50.8 Å². The van der Waals surface area contributed by atoms with Crippen LogP contribution in [0.4, 0.5) is 5.69 Å². The second-order valence-electron chi connectivity index (χ2n) is 6.56. The second-order valence-corrected chi connectivity index (χ2v) is 7.37. The molecule has 0 radical (unpaired) electrons. The minimum atomic E-state index is -0.306. The summed E-state index contributed by atoms with van der Waals surface area (Å²) in [7, 11) is 1.74. The van der Waals surface area contributed by atoms with Crippen LogP contribution < -0.4 is 10.2 Å². The SMILES string of the molecule is CC(=O)c1c(C)[nH]c(C(=O)C[NH+](C)CC(=O)Nc2c(Cl)cccc2Cl)c1C. The van der Waals surface area contributed by atoms with Crippen LogP contribution in [0.2, 0.25) is 10.0 Å². The van der Waals surface area contributed by atoms with Gasteiger partial charge in [-0.1, -0.05) is 29.3 Å². The summed E-state index contributed by atoms with van der Waals surface area (Å²) < 4.78 is 0. The first-order chi connectivity index (χ1) is 12.6. The number of halogens is 2. The predicted octanol–water partition coefficient (Wildman–Crippen LogP) is 2.48. The summed E-state index contributed by atoms with van der Waals surface area (Å²) in [6.45, 7) is 5.14. The Hall–Kier alpha value is -2.15. The molecule has 1 unspecified atom stereocenters. The van der Waals surface area contributed by atoms with Crippen LogP contribution in [-0.2, 0) is 4.79 Å². The van der Waals surface area contributed by atoms with E-state index in [9.17, 15) is 14.4 Å². The van der Waals surface area contributed by atoms with Crippen molar-refractivity contribution in [2.75, 3.05) is 25.5 Å². The standard InChI is InChI=1S/C19H21Cl2N3O3/c1-10-17(12(3)25)11(2)22-18(10)15(26)8-24(4)9-16(27)23-19-13(20)6-5-7-14(19)21/h5-7,22H,8-9H2,1-4H3,(H,23,27)/p+1. The fourth-order valence-electron chi connectivity index (χ4n) is 3.06. The molecule has 27 heavy (non-hydrogen) atoms. The molecule has 3 N–H and O–H groups in total. The zero-order valence-corrected chi connectivity index (χ0v) is 17.1. The third kappa shape index (κ3) is 4.97. The van der Waals surface area contributed by atoms with Gasteiger partial charge in [0.1, 0.15) is 6.54 Å². The molecule has 1 heterocycles. The molecule has 1 aromatic carbocycles. The molecular weight excluding hydrogens is 389 g/mol. The number of aromatic nitrogens is 1. The Bertz CT molecular complexity index is 886. The minimum absolute atomic E-state index is 0.0611. The molecular formula is C19H22Cl2N3O3+. The van der Waals surface area contributed by atoms with Crippen LogP contribution in [0.5, 0.6) is 0 Å². The lowest BCUT2D eigenvalue weighted by Crippen LogP contribution is -3.11. The minimum Gasteiger partial charge on any atom is -0.355 e. The number of aryl methyl sites for hydroxylation is 1. The lowest BCUT2D eigenvalue weighted by Gasteiger charge is -2.14. The highest BCUT2D eigenvalue weighted by Crippen LogP contribution is 2.29. The number of H-pyrrole nitrogens is 1. The monoisotopic (exact) mass is 410 g/mol. The molecule has 2 aromatic rings. The number of rotatable bonds is 7. The summed E-state index contributed by atoms with van der Waals surface area (Å²) >= 11 is 12.1. The van der Waals surface area contributed by atoms with Gasteiger partial charge < -0.3 is 15.2 Å². The number of hydrogen-bond acceptors (Lipinski definition) is 3. The van der Waals surface area contributed by atoms with Gasteiger partial charge in [0.15, 0.2) is 12.3 Å². The van der Waals surface area contributed by atoms with Crippen LogP contribution >= 0.6 is 23.2 Å². The number of para-hydroxylation sites is 1. The Morgan fingerprint density at radius 1 is 1.11 bits per heavy atom. The summed E-state index contributed by atoms with van der Waals surface area (Å²) in [5.41, 5.74) is 2.62. The molecule has 2 rings (SSSR count). The fourth-order valence-corrected chi connectivity index (χ4v) is 3.55. The van der Waals surface area contributed by atoms with Gasteiger partial charge in [-0.3, -0.25) is 14.4 Å². The van der Waals surface area contributed by atoms with Gasteiger partial charge in [0.05, 0.1) is 28.5 Å². The average Bonchev–Trinajstić information content (AvgIpc) is 2.85. The third-order valence-electron chi connectivity index (χ3n) is 4.22. The molecule has 0 bridgehead atoms. The number of anilines is 1. The number of hydrogen-bond donors (Lipinski definition) is 3. The maximum atomic E-state index is 12.6. The Balaban J connectivity index is 2.02. The smallest absolute Gasteiger partial charge is 0.279 e. The number of ketones is 2. The topological polar surface area (TPSA) is 83.5 Å². The van der Waals surface area contributed by atoms with Crippen molar-refractivity contribution >= 4 is 46.4 Å². The van der Waals surface area contributed by atoms with E-state index in [1.807, 2.05) is 0 Å². The maximum absolute atomic E-state index is 12.6. The summed E-state index contributed by atoms with van der Waals surface area (Å²) in [5.74, 6) is -0.555. The van der Waals surface area contributed by atoms with E-state index >= 15 is 0 Å². The molecule has 0 aliphatic rings. The van der Waals surface area contributed by atoms with E-state index in [0.29, 0.717) is 43.1 Å². The van der Waals surface area contributed by atoms with Crippen LogP contribution in [0.15, 0.2) is 18.2 Å². The normalized spacial score (nSPS) is 11.9. The first-order valence-corrected chi connectivity index (χ1v) is 9.15. The number of amides is 1. The number of carbonyl (C=O) groups is 3. The zero-order valence-electron chi connectivity index (χ0n) is 15.6. The van der Waals surface area contributed by atoms with Crippen molar-refractivity contribution in [2.45, 2.75) is 20.8 Å². The largest absolute Gasteiger partial charge is 0.355 e. The number of Topliss-reactive ketones (excluding diaryl/α,β-unsaturated/α-hetero) is 2. The second kappa shape index (κ2) is 8.69. The van der Waals surface area contributed by atoms with Crippen molar-refractivity contribution < 1.29 is 19.3 Å². The van der Waals surface area contributed by atoms with Crippen LogP contribution in [0.1, 0.15) is 39.0 Å². The van der Waals surface area contributed by atoms with E-state index in [1.165, 1.54) is 6.92 Å². The Labute approximate surface area is 167 Å². The van der Waals surface area contributed by atoms with Gasteiger partial charge >= 0.3 is 0 Å². The molecule has 0 aliphatic carbocycles. The lowest BCUT2D eigenvalue weighted by atomic mass is 10.1. The Kier molecular flexibility index (Phi) is 6.81. The van der Waals surface area contributed by atoms with E-state index in [1.54, 1.807) is 39.1 Å². The zero-order chi connectivity index (χ0) is 20.3. The van der Waals surface area contributed by atoms with E-state index < -0.39 is 0 Å². The van der Waals surface area contributed by atoms with Gasteiger partial charge in [-0.25, -0.2) is 0 Å². The van der Waals surface area contributed by atoms with Crippen molar-refractivity contribution in [2.24, 2.45) is 0 Å². The van der Waals surface area contributed by atoms with Gasteiger partial charge in [0.2, 0.25) is 5.78 Å². The molecule has 1 amide bonds. The highest BCUT2D eigenvalue weighted by Gasteiger charge is 2.23. The predicted molar refractivity (Wildman–Crippen MR) is 106 cm³/mol. The van der Waals surface area contributed by atoms with Crippen LogP contribution in [0.25, 0.3) is 0 Å². The van der Waals surface area contributed by atoms with Gasteiger partial charge in [-0.2, -0.15) is 0 Å². The van der Waals surface area contributed by atoms with E-state index in [2.05, 4.69) is 10.3 Å². The Morgan fingerprint density at radius 3 is 2.22 bits per heavy atom. The summed E-state index contributed by atoms with van der Waals surface area (Å²) in [6, 6.07) is 4.95. The number of quaternary nitrogens is 1. The number of benzene rings is 1. The summed E-state index contributed by atoms with van der Waals surface area (Å²) in [6.07, 6.45) is 0. The van der Waals surface area contributed by atoms with E-state index in [0.717, 1.165) is 0 Å². The molecule has 1 aromatic heterocycles. The van der Waals surface area contributed by atoms with Gasteiger partial charge in [0, 0.05) is 11.3 Å². The molecule has 8 heteroatoms. The molecule has 0 spiro atoms. The van der Waals surface area contributed by atoms with Gasteiger partial charge in [0.25, 0.3) is 5.91 Å². The highest BCUT2D eigenvalue weighted by atomic mass is 35.5. The first-order valence-electron chi connectivity index (χ1n) is 8.40. The molecule has 1 atom stereocenters. The number of carbonyl (C=O) groups excluding carboxylic acids is 3. The maximum Gasteiger partial charge on any atom is 0.279 e. The van der Waals surface area contributed by atoms with Crippen molar-refractivity contribution in [3.63, 3.8) is 0 Å². The molecule has 6 nitrogen and oxygen atoms in total. The first kappa shape index (κ1) is 21.2. The highest BCUT2D eigenvalue weighted by molar-refractivity contribution is 6.39. The molecule has 0 aliphatic heterocycles. The van der Waals surface area contributed by atoms with E-state index in [4.69, 9.17) is 23.2 Å². The molecule has 144 valence electrons. The van der Waals surface area contributed by atoms with Gasteiger partial charge in [-0.15, -0.1) is 0 Å². The van der Waals surface area contributed by atoms with Gasteiger partial charge in [-0.05, 0) is 38.5 Å². The number of aromatic amines is 1. The van der Waals surface area contributed by atoms with Crippen LogP contribution in [-0.4, -0.2) is 42.6 Å². The quantitative estimate of drug-likeness (QED) is 0.613. The molecule has 0 saturated heterocycles. The van der Waals surface area contributed by atoms with Crippen molar-refractivity contribution in [3.8, 4) is 0 Å². The van der Waals surface area contributed by atoms with Crippen molar-refractivity contribution in [1.29, 1.82) is 0 Å². The Morgan fingerprint density at radius 2 is 1.70 bits per heavy atom. The third-order valence-corrected chi connectivity index (χ3v) is 4.85. The van der Waals surface area contributed by atoms with Crippen LogP contribution in [0.3, 0.4) is 0 Å². The summed E-state index contributed by atoms with van der Waals surface area (Å²) in [4.78, 5) is 40.2. The van der Waals surface area contributed by atoms with Crippen LogP contribution in [0, 0.1) is 13.8 Å². The van der Waals surface area contributed by atoms with Crippen molar-refractivity contribution in [1.82, 2.24) is 4.98 Å². The lowest BCUT2D eigenvalue weighted by molar-refractivity contribution is -0.861. The summed E-state index contributed by atoms with van der Waals surface area (Å²) in [5, 5.41) is 3.37. The average molecular weight is 411 g/mol. The fraction of sp³-hybridized carbons (Fsp3) is 0.316. The molecule has 0 fully saturated rings. The molecule has 0 saturated carbocycles. The number of nitrogens with one attached hydrogen (secondary N) is 3. The van der Waals surface area contributed by atoms with E-state index in [-0.39, 0.29) is 30.6 Å². The number of likely N-dealkylation sites (N-methyl/N-ethyl adjacent to an activating group) is 1.